The van der Waals surface area contributed by atoms with Crippen molar-refractivity contribution in [3.05, 3.63) is 35.9 Å². The number of nitrogens with one attached hydrogen (secondary N) is 1. The molecule has 0 aliphatic heterocycles. The lowest BCUT2D eigenvalue weighted by atomic mass is 10.0. The van der Waals surface area contributed by atoms with Gasteiger partial charge >= 0.3 is 24.0 Å². The van der Waals surface area contributed by atoms with Crippen LogP contribution in [0.1, 0.15) is 38.7 Å². The molecule has 0 aliphatic rings. The highest BCUT2D eigenvalue weighted by Crippen LogP contribution is 2.45. The standard InChI is InChI=1S/C23H34NO10P/c1-4-32-20(25)13-18(14-21(26)33-5-2)16-35(29,30)12-11-19(22(27)31-3)24-23(28)34-15-17-9-7-6-8-10-17/h6-10,18-19H,4-5,11-16H2,1-3H3,(H,24,28)(H,29,30)/t19-/m0/s1. The Morgan fingerprint density at radius 3 is 2.06 bits per heavy atom. The molecule has 0 bridgehead atoms. The second-order valence-corrected chi connectivity index (χ2v) is 10.2. The largest absolute Gasteiger partial charge is 0.467 e. The van der Waals surface area contributed by atoms with Gasteiger partial charge in [-0.2, -0.15) is 0 Å². The average molecular weight is 515 g/mol. The van der Waals surface area contributed by atoms with Crippen molar-refractivity contribution in [1.29, 1.82) is 0 Å². The second-order valence-electron chi connectivity index (χ2n) is 7.71. The molecule has 2 N–H and O–H groups in total. The van der Waals surface area contributed by atoms with Crippen LogP contribution in [0.4, 0.5) is 4.79 Å². The number of esters is 3. The Morgan fingerprint density at radius 2 is 1.54 bits per heavy atom. The van der Waals surface area contributed by atoms with Gasteiger partial charge in [-0.15, -0.1) is 0 Å². The van der Waals surface area contributed by atoms with Gasteiger partial charge in [0.25, 0.3) is 0 Å². The molecule has 1 amide bonds. The highest BCUT2D eigenvalue weighted by atomic mass is 31.2. The van der Waals surface area contributed by atoms with Gasteiger partial charge in [-0.3, -0.25) is 14.2 Å². The van der Waals surface area contributed by atoms with E-state index in [0.717, 1.165) is 12.7 Å². The number of amides is 1. The van der Waals surface area contributed by atoms with E-state index in [1.807, 2.05) is 6.07 Å². The molecule has 0 saturated carbocycles. The maximum atomic E-state index is 12.9. The Balaban J connectivity index is 2.74. The molecule has 12 heteroatoms. The first-order valence-electron chi connectivity index (χ1n) is 11.3. The summed E-state index contributed by atoms with van der Waals surface area (Å²) in [6, 6.07) is 7.67. The number of carbonyl (C=O) groups is 4. The summed E-state index contributed by atoms with van der Waals surface area (Å²) in [5.74, 6) is -2.80. The van der Waals surface area contributed by atoms with Crippen LogP contribution in [0.15, 0.2) is 30.3 Å². The summed E-state index contributed by atoms with van der Waals surface area (Å²) in [4.78, 5) is 58.5. The fourth-order valence-corrected chi connectivity index (χ4v) is 5.15. The zero-order valence-electron chi connectivity index (χ0n) is 20.3. The van der Waals surface area contributed by atoms with Crippen LogP contribution < -0.4 is 5.32 Å². The molecule has 2 atom stereocenters. The highest BCUT2D eigenvalue weighted by Gasteiger charge is 2.31. The average Bonchev–Trinajstić information content (AvgIpc) is 2.80. The van der Waals surface area contributed by atoms with Crippen LogP contribution in [0.3, 0.4) is 0 Å². The maximum absolute atomic E-state index is 12.9. The number of hydrogen-bond donors (Lipinski definition) is 2. The highest BCUT2D eigenvalue weighted by molar-refractivity contribution is 7.58. The molecule has 0 saturated heterocycles. The summed E-state index contributed by atoms with van der Waals surface area (Å²) in [6.45, 7) is 3.49. The minimum atomic E-state index is -3.93. The minimum Gasteiger partial charge on any atom is -0.467 e. The molecular weight excluding hydrogens is 481 g/mol. The maximum Gasteiger partial charge on any atom is 0.408 e. The SMILES string of the molecule is CCOC(=O)CC(CC(=O)OCC)CP(=O)(O)CC[C@H](NC(=O)OCc1ccccc1)C(=O)OC. The molecule has 0 spiro atoms. The zero-order valence-corrected chi connectivity index (χ0v) is 21.2. The predicted molar refractivity (Wildman–Crippen MR) is 126 cm³/mol. The van der Waals surface area contributed by atoms with Gasteiger partial charge in [0, 0.05) is 25.2 Å². The van der Waals surface area contributed by atoms with Crippen LogP contribution in [0, 0.1) is 5.92 Å². The van der Waals surface area contributed by atoms with E-state index < -0.39 is 43.3 Å². The molecule has 1 aromatic carbocycles. The van der Waals surface area contributed by atoms with E-state index in [4.69, 9.17) is 14.2 Å². The van der Waals surface area contributed by atoms with Gasteiger partial charge in [-0.05, 0) is 31.7 Å². The van der Waals surface area contributed by atoms with E-state index in [2.05, 4.69) is 10.1 Å². The van der Waals surface area contributed by atoms with E-state index in [0.29, 0.717) is 0 Å². The molecular formula is C23H34NO10P. The van der Waals surface area contributed by atoms with Crippen molar-refractivity contribution in [2.24, 2.45) is 5.92 Å². The van der Waals surface area contributed by atoms with Gasteiger partial charge in [0.2, 0.25) is 7.37 Å². The Hall–Kier alpha value is -2.91. The number of alkyl carbamates (subject to hydrolysis) is 1. The summed E-state index contributed by atoms with van der Waals surface area (Å²) in [5, 5.41) is 2.35. The van der Waals surface area contributed by atoms with E-state index in [9.17, 15) is 28.6 Å². The van der Waals surface area contributed by atoms with Gasteiger partial charge < -0.3 is 29.2 Å². The molecule has 0 aliphatic carbocycles. The predicted octanol–water partition coefficient (Wildman–Crippen LogP) is 2.64. The van der Waals surface area contributed by atoms with Crippen molar-refractivity contribution in [1.82, 2.24) is 5.32 Å². The quantitative estimate of drug-likeness (QED) is 0.202. The van der Waals surface area contributed by atoms with Crippen LogP contribution in [-0.4, -0.2) is 67.6 Å². The molecule has 196 valence electrons. The zero-order chi connectivity index (χ0) is 26.3. The summed E-state index contributed by atoms with van der Waals surface area (Å²) in [5.41, 5.74) is 0.742. The van der Waals surface area contributed by atoms with Gasteiger partial charge in [0.15, 0.2) is 0 Å². The molecule has 0 aromatic heterocycles. The summed E-state index contributed by atoms with van der Waals surface area (Å²) in [7, 11) is -2.80. The third-order valence-electron chi connectivity index (χ3n) is 4.82. The second kappa shape index (κ2) is 15.9. The van der Waals surface area contributed by atoms with Crippen molar-refractivity contribution in [3.63, 3.8) is 0 Å². The van der Waals surface area contributed by atoms with Crippen LogP contribution in [0.2, 0.25) is 0 Å². The van der Waals surface area contributed by atoms with E-state index in [1.54, 1.807) is 38.1 Å². The lowest BCUT2D eigenvalue weighted by Crippen LogP contribution is -2.42. The summed E-state index contributed by atoms with van der Waals surface area (Å²) < 4.78 is 32.4. The van der Waals surface area contributed by atoms with Crippen LogP contribution >= 0.6 is 7.37 Å². The van der Waals surface area contributed by atoms with Gasteiger partial charge in [-0.1, -0.05) is 30.3 Å². The van der Waals surface area contributed by atoms with Crippen molar-refractivity contribution >= 4 is 31.4 Å². The third kappa shape index (κ3) is 12.9. The Labute approximate surface area is 204 Å². The monoisotopic (exact) mass is 515 g/mol. The molecule has 0 radical (unpaired) electrons. The Bertz CT molecular complexity index is 856. The first kappa shape index (κ1) is 30.1. The molecule has 0 heterocycles. The Morgan fingerprint density at radius 1 is 0.971 bits per heavy atom. The van der Waals surface area contributed by atoms with Crippen LogP contribution in [0.25, 0.3) is 0 Å². The normalized spacial score (nSPS) is 13.3. The minimum absolute atomic E-state index is 0.0253. The summed E-state index contributed by atoms with van der Waals surface area (Å²) >= 11 is 0. The van der Waals surface area contributed by atoms with E-state index >= 15 is 0 Å². The topological polar surface area (TPSA) is 155 Å². The van der Waals surface area contributed by atoms with Gasteiger partial charge in [0.05, 0.1) is 20.3 Å². The molecule has 1 aromatic rings. The Kier molecular flexibility index (Phi) is 13.7. The lowest BCUT2D eigenvalue weighted by Gasteiger charge is -2.21. The number of methoxy groups -OCH3 is 1. The molecule has 1 rings (SSSR count). The molecule has 1 unspecified atom stereocenters. The van der Waals surface area contributed by atoms with Gasteiger partial charge in [0.1, 0.15) is 12.6 Å². The van der Waals surface area contributed by atoms with Crippen LogP contribution in [-0.2, 0) is 44.5 Å². The first-order valence-corrected chi connectivity index (χ1v) is 13.3. The fraction of sp³-hybridized carbons (Fsp3) is 0.565. The van der Waals surface area contributed by atoms with Crippen LogP contribution in [0.5, 0.6) is 0 Å². The van der Waals surface area contributed by atoms with E-state index in [-0.39, 0.29) is 51.4 Å². The summed E-state index contributed by atoms with van der Waals surface area (Å²) in [6.07, 6.45) is -2.31. The number of carbonyl (C=O) groups excluding carboxylic acids is 4. The van der Waals surface area contributed by atoms with E-state index in [1.165, 1.54) is 0 Å². The van der Waals surface area contributed by atoms with Crippen molar-refractivity contribution in [2.45, 2.75) is 45.8 Å². The van der Waals surface area contributed by atoms with Crippen molar-refractivity contribution in [3.8, 4) is 0 Å². The number of rotatable bonds is 15. The smallest absolute Gasteiger partial charge is 0.408 e. The van der Waals surface area contributed by atoms with Crippen molar-refractivity contribution < 1.29 is 47.6 Å². The third-order valence-corrected chi connectivity index (χ3v) is 6.87. The number of ether oxygens (including phenoxy) is 4. The number of benzene rings is 1. The lowest BCUT2D eigenvalue weighted by molar-refractivity contribution is -0.146. The van der Waals surface area contributed by atoms with Crippen molar-refractivity contribution in [2.75, 3.05) is 32.6 Å². The molecule has 0 fully saturated rings. The first-order chi connectivity index (χ1) is 16.6. The molecule has 35 heavy (non-hydrogen) atoms. The fourth-order valence-electron chi connectivity index (χ4n) is 3.24. The number of hydrogen-bond acceptors (Lipinski definition) is 9. The van der Waals surface area contributed by atoms with Gasteiger partial charge in [-0.25, -0.2) is 9.59 Å². The molecule has 11 nitrogen and oxygen atoms in total.